The molecule has 43 heavy (non-hydrogen) atoms. The van der Waals surface area contributed by atoms with Crippen LogP contribution in [0.2, 0.25) is 5.02 Å². The van der Waals surface area contributed by atoms with Gasteiger partial charge in [-0.2, -0.15) is 0 Å². The van der Waals surface area contributed by atoms with Gasteiger partial charge < -0.3 is 15.5 Å². The van der Waals surface area contributed by atoms with Crippen molar-refractivity contribution >= 4 is 23.3 Å². The van der Waals surface area contributed by atoms with Crippen LogP contribution >= 0.6 is 11.6 Å². The summed E-state index contributed by atoms with van der Waals surface area (Å²) in [6.07, 6.45) is 3.44. The minimum atomic E-state index is -0.208. The van der Waals surface area contributed by atoms with Crippen molar-refractivity contribution in [2.45, 2.75) is 58.3 Å². The number of carbonyl (C=O) groups excluding carboxylic acids is 1. The monoisotopic (exact) mass is 599 g/mol. The van der Waals surface area contributed by atoms with Crippen LogP contribution in [0.4, 0.5) is 10.5 Å². The molecule has 1 saturated heterocycles. The maximum absolute atomic E-state index is 13.0. The van der Waals surface area contributed by atoms with E-state index >= 15 is 0 Å². The van der Waals surface area contributed by atoms with E-state index in [4.69, 9.17) is 11.6 Å². The molecule has 0 aliphatic carbocycles. The summed E-state index contributed by atoms with van der Waals surface area (Å²) >= 11 is 6.29. The van der Waals surface area contributed by atoms with Crippen LogP contribution < -0.4 is 15.5 Å². The van der Waals surface area contributed by atoms with Crippen LogP contribution in [-0.4, -0.2) is 64.2 Å². The maximum atomic E-state index is 13.0. The molecule has 5 rings (SSSR count). The first-order valence-corrected chi connectivity index (χ1v) is 15.5. The van der Waals surface area contributed by atoms with E-state index in [1.165, 1.54) is 16.8 Å². The van der Waals surface area contributed by atoms with Gasteiger partial charge in [0.2, 0.25) is 0 Å². The molecule has 4 aromatic rings. The Bertz CT molecular complexity index is 1450. The molecule has 8 nitrogen and oxygen atoms in total. The molecule has 2 amide bonds. The number of hydrogen-bond acceptors (Lipinski definition) is 5. The standard InChI is InChI=1S/C34H42ClN7O/c1-25(2)36-34(43)37-31(20-27-10-6-4-7-11-27)33(21-28-12-8-5-9-13-28)42-24-30(38-39-42)23-40-16-18-41(19-17-40)32-22-29(35)15-14-26(32)3/h4-15,22,24-25,31,33H,16-21,23H2,1-3H3,(H2,36,37,43)/t31-,33-/m0/s1. The van der Waals surface area contributed by atoms with Gasteiger partial charge in [0, 0.05) is 49.5 Å². The number of nitrogens with zero attached hydrogens (tertiary/aromatic N) is 5. The first-order valence-electron chi connectivity index (χ1n) is 15.1. The number of aromatic nitrogens is 3. The van der Waals surface area contributed by atoms with Crippen LogP contribution in [0, 0.1) is 6.92 Å². The van der Waals surface area contributed by atoms with Crippen molar-refractivity contribution in [1.82, 2.24) is 30.5 Å². The molecular formula is C34H42ClN7O. The van der Waals surface area contributed by atoms with Crippen molar-refractivity contribution in [2.75, 3.05) is 31.1 Å². The molecule has 226 valence electrons. The minimum Gasteiger partial charge on any atom is -0.369 e. The van der Waals surface area contributed by atoms with E-state index in [1.54, 1.807) is 0 Å². The van der Waals surface area contributed by atoms with Gasteiger partial charge in [0.15, 0.2) is 0 Å². The predicted octanol–water partition coefficient (Wildman–Crippen LogP) is 5.66. The van der Waals surface area contributed by atoms with Gasteiger partial charge in [0.1, 0.15) is 0 Å². The van der Waals surface area contributed by atoms with Crippen molar-refractivity contribution in [1.29, 1.82) is 0 Å². The average molecular weight is 600 g/mol. The minimum absolute atomic E-state index is 0.0335. The summed E-state index contributed by atoms with van der Waals surface area (Å²) in [7, 11) is 0. The van der Waals surface area contributed by atoms with Crippen molar-refractivity contribution in [3.8, 4) is 0 Å². The number of amides is 2. The number of benzene rings is 3. The van der Waals surface area contributed by atoms with Crippen LogP contribution in [0.5, 0.6) is 0 Å². The zero-order valence-corrected chi connectivity index (χ0v) is 26.0. The Kier molecular flexibility index (Phi) is 10.3. The molecule has 3 aromatic carbocycles. The summed E-state index contributed by atoms with van der Waals surface area (Å²) in [5, 5.41) is 16.3. The summed E-state index contributed by atoms with van der Waals surface area (Å²) in [6, 6.07) is 26.3. The Hall–Kier alpha value is -3.88. The van der Waals surface area contributed by atoms with Crippen LogP contribution in [0.1, 0.15) is 42.3 Å². The van der Waals surface area contributed by atoms with E-state index in [-0.39, 0.29) is 24.2 Å². The lowest BCUT2D eigenvalue weighted by atomic mass is 9.94. The highest BCUT2D eigenvalue weighted by Gasteiger charge is 2.28. The maximum Gasteiger partial charge on any atom is 0.315 e. The number of nitrogens with one attached hydrogen (secondary N) is 2. The molecule has 2 atom stereocenters. The summed E-state index contributed by atoms with van der Waals surface area (Å²) in [5.41, 5.74) is 5.71. The lowest BCUT2D eigenvalue weighted by Crippen LogP contribution is -2.49. The van der Waals surface area contributed by atoms with Crippen LogP contribution in [0.3, 0.4) is 0 Å². The van der Waals surface area contributed by atoms with Gasteiger partial charge in [-0.05, 0) is 62.4 Å². The van der Waals surface area contributed by atoms with Gasteiger partial charge in [-0.25, -0.2) is 9.48 Å². The second kappa shape index (κ2) is 14.5. The average Bonchev–Trinajstić information content (AvgIpc) is 3.46. The Morgan fingerprint density at radius 2 is 1.53 bits per heavy atom. The van der Waals surface area contributed by atoms with Crippen LogP contribution in [-0.2, 0) is 19.4 Å². The third-order valence-corrected chi connectivity index (χ3v) is 8.19. The molecule has 2 N–H and O–H groups in total. The molecule has 0 unspecified atom stereocenters. The number of carbonyl (C=O) groups is 1. The lowest BCUT2D eigenvalue weighted by Gasteiger charge is -2.36. The van der Waals surface area contributed by atoms with Gasteiger partial charge in [0.05, 0.1) is 24.0 Å². The van der Waals surface area contributed by atoms with Crippen LogP contribution in [0.15, 0.2) is 85.1 Å². The molecule has 1 fully saturated rings. The molecule has 0 bridgehead atoms. The molecule has 0 spiro atoms. The molecule has 1 aliphatic heterocycles. The normalized spacial score (nSPS) is 15.3. The lowest BCUT2D eigenvalue weighted by molar-refractivity contribution is 0.226. The molecule has 1 aliphatic rings. The van der Waals surface area contributed by atoms with E-state index < -0.39 is 0 Å². The number of urea groups is 1. The largest absolute Gasteiger partial charge is 0.369 e. The highest BCUT2D eigenvalue weighted by molar-refractivity contribution is 6.30. The number of piperazine rings is 1. The first kappa shape index (κ1) is 30.6. The first-order chi connectivity index (χ1) is 20.8. The summed E-state index contributed by atoms with van der Waals surface area (Å²) in [4.78, 5) is 17.8. The Morgan fingerprint density at radius 1 is 0.884 bits per heavy atom. The van der Waals surface area contributed by atoms with Crippen LogP contribution in [0.25, 0.3) is 0 Å². The Balaban J connectivity index is 1.33. The summed E-state index contributed by atoms with van der Waals surface area (Å²) in [6.45, 7) is 10.5. The smallest absolute Gasteiger partial charge is 0.315 e. The second-order valence-electron chi connectivity index (χ2n) is 11.7. The zero-order valence-electron chi connectivity index (χ0n) is 25.3. The summed E-state index contributed by atoms with van der Waals surface area (Å²) in [5.74, 6) is 0. The topological polar surface area (TPSA) is 78.3 Å². The Labute approximate surface area is 260 Å². The summed E-state index contributed by atoms with van der Waals surface area (Å²) < 4.78 is 1.96. The number of halogens is 1. The number of aryl methyl sites for hydroxylation is 1. The van der Waals surface area contributed by atoms with Crippen molar-refractivity contribution in [3.05, 3.63) is 112 Å². The van der Waals surface area contributed by atoms with E-state index in [9.17, 15) is 4.79 Å². The van der Waals surface area contributed by atoms with Crippen molar-refractivity contribution in [3.63, 3.8) is 0 Å². The molecule has 2 heterocycles. The van der Waals surface area contributed by atoms with Gasteiger partial charge in [-0.3, -0.25) is 4.90 Å². The Morgan fingerprint density at radius 3 is 2.19 bits per heavy atom. The molecule has 9 heteroatoms. The number of anilines is 1. The fourth-order valence-electron chi connectivity index (χ4n) is 5.75. The van der Waals surface area contributed by atoms with E-state index in [0.29, 0.717) is 12.8 Å². The number of hydrogen-bond donors (Lipinski definition) is 2. The van der Waals surface area contributed by atoms with E-state index in [0.717, 1.165) is 49.0 Å². The van der Waals surface area contributed by atoms with Gasteiger partial charge in [-0.1, -0.05) is 83.5 Å². The predicted molar refractivity (Wildman–Crippen MR) is 174 cm³/mol. The fraction of sp³-hybridized carbons (Fsp3) is 0.382. The van der Waals surface area contributed by atoms with Crippen molar-refractivity contribution < 1.29 is 4.79 Å². The van der Waals surface area contributed by atoms with Gasteiger partial charge in [-0.15, -0.1) is 5.10 Å². The zero-order chi connectivity index (χ0) is 30.2. The quantitative estimate of drug-likeness (QED) is 0.232. The van der Waals surface area contributed by atoms with Crippen molar-refractivity contribution in [2.24, 2.45) is 0 Å². The van der Waals surface area contributed by atoms with E-state index in [1.807, 2.05) is 48.9 Å². The highest BCUT2D eigenvalue weighted by atomic mass is 35.5. The fourth-order valence-corrected chi connectivity index (χ4v) is 5.91. The number of rotatable bonds is 11. The SMILES string of the molecule is Cc1ccc(Cl)cc1N1CCN(Cc2cn([C@@H](Cc3ccccc3)[C@H](Cc3ccccc3)NC(=O)NC(C)C)nn2)CC1. The molecule has 1 aromatic heterocycles. The van der Waals surface area contributed by atoms with E-state index in [2.05, 4.69) is 92.4 Å². The second-order valence-corrected chi connectivity index (χ2v) is 12.1. The molecule has 0 radical (unpaired) electrons. The highest BCUT2D eigenvalue weighted by Crippen LogP contribution is 2.26. The van der Waals surface area contributed by atoms with Gasteiger partial charge >= 0.3 is 6.03 Å². The third kappa shape index (κ3) is 8.58. The molecule has 0 saturated carbocycles. The third-order valence-electron chi connectivity index (χ3n) is 7.95. The van der Waals surface area contributed by atoms with Gasteiger partial charge in [0.25, 0.3) is 0 Å². The molecular weight excluding hydrogens is 558 g/mol.